The normalized spacial score (nSPS) is 12.2. The monoisotopic (exact) mass is 312 g/mol. The highest BCUT2D eigenvalue weighted by Crippen LogP contribution is 2.12. The van der Waals surface area contributed by atoms with Crippen molar-refractivity contribution in [1.82, 2.24) is 10.2 Å². The first-order valence-electron chi connectivity index (χ1n) is 7.70. The molecule has 0 unspecified atom stereocenters. The van der Waals surface area contributed by atoms with Crippen LogP contribution >= 0.6 is 0 Å². The molecule has 0 saturated carbocycles. The molecular formula is C16H32N4O2. The van der Waals surface area contributed by atoms with Crippen LogP contribution < -0.4 is 11.1 Å². The van der Waals surface area contributed by atoms with E-state index in [0.29, 0.717) is 25.6 Å². The molecular weight excluding hydrogens is 280 g/mol. The molecule has 0 radical (unpaired) electrons. The molecule has 0 atom stereocenters. The van der Waals surface area contributed by atoms with Crippen LogP contribution in [0, 0.1) is 0 Å². The van der Waals surface area contributed by atoms with E-state index in [9.17, 15) is 4.79 Å². The summed E-state index contributed by atoms with van der Waals surface area (Å²) in [6.45, 7) is 17.0. The molecule has 0 fully saturated rings. The minimum atomic E-state index is -0.484. The number of ether oxygens (including phenoxy) is 1. The molecule has 0 bridgehead atoms. The number of hydrogen-bond donors (Lipinski definition) is 2. The third kappa shape index (κ3) is 10.1. The summed E-state index contributed by atoms with van der Waals surface area (Å²) in [5.74, 6) is 0.399. The Hall–Kier alpha value is -1.72. The van der Waals surface area contributed by atoms with Gasteiger partial charge in [0, 0.05) is 19.1 Å². The summed E-state index contributed by atoms with van der Waals surface area (Å²) in [4.78, 5) is 18.0. The Morgan fingerprint density at radius 3 is 2.45 bits per heavy atom. The zero-order valence-electron chi connectivity index (χ0n) is 14.9. The van der Waals surface area contributed by atoms with Crippen molar-refractivity contribution >= 4 is 12.1 Å². The van der Waals surface area contributed by atoms with Crippen molar-refractivity contribution in [2.24, 2.45) is 10.7 Å². The van der Waals surface area contributed by atoms with Gasteiger partial charge in [0.1, 0.15) is 5.60 Å². The van der Waals surface area contributed by atoms with E-state index in [-0.39, 0.29) is 12.1 Å². The van der Waals surface area contributed by atoms with E-state index in [1.165, 1.54) is 0 Å². The van der Waals surface area contributed by atoms with Crippen LogP contribution in [-0.2, 0) is 4.74 Å². The quantitative estimate of drug-likeness (QED) is 0.327. The standard InChI is InChI=1S/C16H32N4O2/c1-12(2)11-19-14(17)18-9-8-10-20(13(3)4)15(21)22-16(5,6)7/h13H,1,8-11H2,2-7H3,(H3,17,18,19). The summed E-state index contributed by atoms with van der Waals surface area (Å²) in [5.41, 5.74) is 6.21. The van der Waals surface area contributed by atoms with Crippen LogP contribution in [0.15, 0.2) is 17.1 Å². The molecule has 0 spiro atoms. The van der Waals surface area contributed by atoms with E-state index >= 15 is 0 Å². The number of nitrogens with one attached hydrogen (secondary N) is 1. The molecule has 0 aliphatic heterocycles. The van der Waals surface area contributed by atoms with E-state index in [1.54, 1.807) is 4.90 Å². The number of guanidine groups is 1. The Bertz CT molecular complexity index is 397. The van der Waals surface area contributed by atoms with Gasteiger partial charge in [-0.1, -0.05) is 12.2 Å². The second-order valence-electron chi connectivity index (χ2n) is 6.71. The molecule has 6 nitrogen and oxygen atoms in total. The smallest absolute Gasteiger partial charge is 0.410 e. The highest BCUT2D eigenvalue weighted by Gasteiger charge is 2.23. The number of aliphatic imine (C=N–C) groups is 1. The Kier molecular flexibility index (Phi) is 8.60. The van der Waals surface area contributed by atoms with Crippen LogP contribution in [0.1, 0.15) is 48.0 Å². The average molecular weight is 312 g/mol. The Labute approximate surface area is 134 Å². The molecule has 6 heteroatoms. The van der Waals surface area contributed by atoms with E-state index in [2.05, 4.69) is 16.9 Å². The SMILES string of the molecule is C=C(C)CN=C(N)NCCCN(C(=O)OC(C)(C)C)C(C)C. The van der Waals surface area contributed by atoms with Crippen molar-refractivity contribution < 1.29 is 9.53 Å². The maximum Gasteiger partial charge on any atom is 0.410 e. The first kappa shape index (κ1) is 20.3. The van der Waals surface area contributed by atoms with E-state index in [0.717, 1.165) is 12.0 Å². The van der Waals surface area contributed by atoms with Gasteiger partial charge in [-0.05, 0) is 48.0 Å². The fraction of sp³-hybridized carbons (Fsp3) is 0.750. The van der Waals surface area contributed by atoms with E-state index in [4.69, 9.17) is 10.5 Å². The lowest BCUT2D eigenvalue weighted by Gasteiger charge is -2.30. The molecule has 0 aromatic heterocycles. The fourth-order valence-corrected chi connectivity index (χ4v) is 1.62. The zero-order chi connectivity index (χ0) is 17.3. The number of amides is 1. The predicted molar refractivity (Wildman–Crippen MR) is 92.0 cm³/mol. The molecule has 0 aromatic rings. The summed E-state index contributed by atoms with van der Waals surface area (Å²) in [7, 11) is 0. The molecule has 128 valence electrons. The van der Waals surface area contributed by atoms with Crippen LogP contribution in [0.4, 0.5) is 4.79 Å². The zero-order valence-corrected chi connectivity index (χ0v) is 14.9. The average Bonchev–Trinajstić information content (AvgIpc) is 2.33. The molecule has 0 rings (SSSR count). The van der Waals surface area contributed by atoms with Gasteiger partial charge >= 0.3 is 6.09 Å². The van der Waals surface area contributed by atoms with Crippen molar-refractivity contribution in [3.8, 4) is 0 Å². The van der Waals surface area contributed by atoms with Gasteiger partial charge in [-0.2, -0.15) is 0 Å². The predicted octanol–water partition coefficient (Wildman–Crippen LogP) is 2.50. The maximum atomic E-state index is 12.1. The van der Waals surface area contributed by atoms with Gasteiger partial charge in [-0.25, -0.2) is 9.79 Å². The van der Waals surface area contributed by atoms with Crippen molar-refractivity contribution in [3.63, 3.8) is 0 Å². The van der Waals surface area contributed by atoms with Crippen LogP contribution in [-0.4, -0.2) is 48.2 Å². The lowest BCUT2D eigenvalue weighted by Crippen LogP contribution is -2.42. The van der Waals surface area contributed by atoms with Crippen molar-refractivity contribution in [3.05, 3.63) is 12.2 Å². The lowest BCUT2D eigenvalue weighted by atomic mass is 10.2. The molecule has 1 amide bonds. The summed E-state index contributed by atoms with van der Waals surface area (Å²) >= 11 is 0. The van der Waals surface area contributed by atoms with E-state index < -0.39 is 5.60 Å². The molecule has 0 aliphatic carbocycles. The van der Waals surface area contributed by atoms with Gasteiger partial charge in [0.15, 0.2) is 5.96 Å². The van der Waals surface area contributed by atoms with Gasteiger partial charge < -0.3 is 20.7 Å². The fourth-order valence-electron chi connectivity index (χ4n) is 1.62. The van der Waals surface area contributed by atoms with Crippen LogP contribution in [0.2, 0.25) is 0 Å². The Morgan fingerprint density at radius 2 is 2.00 bits per heavy atom. The van der Waals surface area contributed by atoms with Gasteiger partial charge in [-0.15, -0.1) is 0 Å². The molecule has 0 heterocycles. The number of rotatable bonds is 7. The first-order valence-corrected chi connectivity index (χ1v) is 7.70. The molecule has 0 aliphatic rings. The minimum absolute atomic E-state index is 0.0873. The second-order valence-corrected chi connectivity index (χ2v) is 6.71. The Balaban J connectivity index is 4.25. The molecule has 22 heavy (non-hydrogen) atoms. The first-order chi connectivity index (χ1) is 10.0. The largest absolute Gasteiger partial charge is 0.444 e. The lowest BCUT2D eigenvalue weighted by molar-refractivity contribution is 0.0190. The molecule has 0 saturated heterocycles. The van der Waals surface area contributed by atoms with Gasteiger partial charge in [0.25, 0.3) is 0 Å². The number of nitrogens with zero attached hydrogens (tertiary/aromatic N) is 2. The highest BCUT2D eigenvalue weighted by atomic mass is 16.6. The number of hydrogen-bond acceptors (Lipinski definition) is 3. The minimum Gasteiger partial charge on any atom is -0.444 e. The van der Waals surface area contributed by atoms with E-state index in [1.807, 2.05) is 41.5 Å². The number of carbonyl (C=O) groups excluding carboxylic acids is 1. The second kappa shape index (κ2) is 9.33. The van der Waals surface area contributed by atoms with Gasteiger partial charge in [-0.3, -0.25) is 0 Å². The number of nitrogens with two attached hydrogens (primary N) is 1. The van der Waals surface area contributed by atoms with Gasteiger partial charge in [0.05, 0.1) is 6.54 Å². The van der Waals surface area contributed by atoms with Crippen molar-refractivity contribution in [2.45, 2.75) is 59.6 Å². The molecule has 0 aromatic carbocycles. The summed E-state index contributed by atoms with van der Waals surface area (Å²) < 4.78 is 5.41. The third-order valence-corrected chi connectivity index (χ3v) is 2.65. The van der Waals surface area contributed by atoms with Crippen LogP contribution in [0.3, 0.4) is 0 Å². The maximum absolute atomic E-state index is 12.1. The Morgan fingerprint density at radius 1 is 1.41 bits per heavy atom. The topological polar surface area (TPSA) is 80.0 Å². The number of carbonyl (C=O) groups is 1. The van der Waals surface area contributed by atoms with Crippen molar-refractivity contribution in [1.29, 1.82) is 0 Å². The third-order valence-electron chi connectivity index (χ3n) is 2.65. The summed E-state index contributed by atoms with van der Waals surface area (Å²) in [6, 6.07) is 0.0873. The molecule has 3 N–H and O–H groups in total. The van der Waals surface area contributed by atoms with Gasteiger partial charge in [0.2, 0.25) is 0 Å². The summed E-state index contributed by atoms with van der Waals surface area (Å²) in [5, 5.41) is 3.03. The van der Waals surface area contributed by atoms with Crippen molar-refractivity contribution in [2.75, 3.05) is 19.6 Å². The summed E-state index contributed by atoms with van der Waals surface area (Å²) in [6.07, 6.45) is 0.479. The van der Waals surface area contributed by atoms with Crippen LogP contribution in [0.5, 0.6) is 0 Å². The van der Waals surface area contributed by atoms with Crippen LogP contribution in [0.25, 0.3) is 0 Å². The highest BCUT2D eigenvalue weighted by molar-refractivity contribution is 5.77.